The van der Waals surface area contributed by atoms with Crippen LogP contribution in [0.5, 0.6) is 0 Å². The van der Waals surface area contributed by atoms with E-state index in [0.717, 1.165) is 5.56 Å². The lowest BCUT2D eigenvalue weighted by Crippen LogP contribution is -2.19. The van der Waals surface area contributed by atoms with Gasteiger partial charge in [-0.05, 0) is 6.07 Å². The molecule has 0 aliphatic rings. The van der Waals surface area contributed by atoms with Crippen LogP contribution in [0.15, 0.2) is 30.8 Å². The molecule has 3 heteroatoms. The van der Waals surface area contributed by atoms with E-state index in [4.69, 9.17) is 17.4 Å². The van der Waals surface area contributed by atoms with E-state index in [9.17, 15) is 0 Å². The number of benzene rings is 1. The van der Waals surface area contributed by atoms with Gasteiger partial charge in [-0.3, -0.25) is 5.84 Å². The molecule has 0 amide bonds. The maximum Gasteiger partial charge on any atom is 0.0500 e. The highest BCUT2D eigenvalue weighted by atomic mass is 35.5. The van der Waals surface area contributed by atoms with E-state index in [1.54, 1.807) is 6.07 Å². The van der Waals surface area contributed by atoms with Gasteiger partial charge in [0, 0.05) is 10.6 Å². The van der Waals surface area contributed by atoms with Crippen LogP contribution in [0.1, 0.15) is 5.56 Å². The molecule has 0 aromatic heterocycles. The van der Waals surface area contributed by atoms with E-state index in [1.165, 1.54) is 0 Å². The van der Waals surface area contributed by atoms with Crippen LogP contribution >= 0.6 is 11.6 Å². The minimum absolute atomic E-state index is 0.621. The molecule has 0 aliphatic carbocycles. The van der Waals surface area contributed by atoms with Crippen molar-refractivity contribution >= 4 is 17.3 Å². The van der Waals surface area contributed by atoms with Gasteiger partial charge in [0.15, 0.2) is 0 Å². The Labute approximate surface area is 70.6 Å². The Kier molecular flexibility index (Phi) is 2.52. The van der Waals surface area contributed by atoms with Gasteiger partial charge < -0.3 is 5.43 Å². The number of nitrogens with two attached hydrogens (primary N) is 1. The molecule has 1 rings (SSSR count). The van der Waals surface area contributed by atoms with E-state index < -0.39 is 0 Å². The Hall–Kier alpha value is -0.990. The van der Waals surface area contributed by atoms with Crippen molar-refractivity contribution in [2.45, 2.75) is 0 Å². The first kappa shape index (κ1) is 8.11. The fraction of sp³-hybridized carbons (Fsp3) is 0. The van der Waals surface area contributed by atoms with Crippen LogP contribution in [0, 0.1) is 0 Å². The molecule has 0 atom stereocenters. The van der Waals surface area contributed by atoms with Crippen molar-refractivity contribution in [1.29, 1.82) is 0 Å². The third-order valence-electron chi connectivity index (χ3n) is 1.37. The van der Waals surface area contributed by atoms with Gasteiger partial charge in [0.05, 0.1) is 5.70 Å². The Morgan fingerprint density at radius 3 is 2.64 bits per heavy atom. The fourth-order valence-corrected chi connectivity index (χ4v) is 1.03. The molecule has 0 fully saturated rings. The molecule has 11 heavy (non-hydrogen) atoms. The van der Waals surface area contributed by atoms with Gasteiger partial charge >= 0.3 is 0 Å². The number of hydrazine groups is 1. The Morgan fingerprint density at radius 2 is 2.09 bits per heavy atom. The fourth-order valence-electron chi connectivity index (χ4n) is 0.784. The van der Waals surface area contributed by atoms with Crippen molar-refractivity contribution in [2.75, 3.05) is 0 Å². The molecule has 0 heterocycles. The largest absolute Gasteiger partial charge is 0.324 e. The Balaban J connectivity index is 3.03. The average molecular weight is 169 g/mol. The molecule has 2 nitrogen and oxygen atoms in total. The summed E-state index contributed by atoms with van der Waals surface area (Å²) in [6, 6.07) is 7.38. The summed E-state index contributed by atoms with van der Waals surface area (Å²) in [5.41, 5.74) is 3.89. The van der Waals surface area contributed by atoms with Crippen molar-refractivity contribution in [3.63, 3.8) is 0 Å². The number of nitrogens with one attached hydrogen (secondary N) is 1. The number of rotatable bonds is 2. The molecule has 1 aromatic rings. The molecule has 58 valence electrons. The zero-order valence-electron chi connectivity index (χ0n) is 5.97. The van der Waals surface area contributed by atoms with Crippen LogP contribution in [0.25, 0.3) is 5.70 Å². The molecule has 0 saturated carbocycles. The van der Waals surface area contributed by atoms with Crippen molar-refractivity contribution in [1.82, 2.24) is 5.43 Å². The second-order valence-corrected chi connectivity index (χ2v) is 2.51. The summed E-state index contributed by atoms with van der Waals surface area (Å²) >= 11 is 5.84. The molecular weight excluding hydrogens is 160 g/mol. The average Bonchev–Trinajstić information content (AvgIpc) is 2.04. The van der Waals surface area contributed by atoms with Crippen LogP contribution in [-0.4, -0.2) is 0 Å². The number of halogens is 1. The summed E-state index contributed by atoms with van der Waals surface area (Å²) in [4.78, 5) is 0. The highest BCUT2D eigenvalue weighted by Crippen LogP contribution is 2.19. The summed E-state index contributed by atoms with van der Waals surface area (Å²) in [6.07, 6.45) is 0. The second kappa shape index (κ2) is 3.42. The quantitative estimate of drug-likeness (QED) is 0.522. The lowest BCUT2D eigenvalue weighted by atomic mass is 10.2. The highest BCUT2D eigenvalue weighted by molar-refractivity contribution is 6.32. The zero-order chi connectivity index (χ0) is 8.27. The molecule has 1 aromatic carbocycles. The smallest absolute Gasteiger partial charge is 0.0500 e. The number of hydrogen-bond donors (Lipinski definition) is 2. The minimum atomic E-state index is 0.621. The minimum Gasteiger partial charge on any atom is -0.324 e. The molecule has 0 radical (unpaired) electrons. The molecule has 3 N–H and O–H groups in total. The summed E-state index contributed by atoms with van der Waals surface area (Å²) in [5, 5.41) is 0.649. The molecule has 0 spiro atoms. The van der Waals surface area contributed by atoms with Crippen LogP contribution in [-0.2, 0) is 0 Å². The molecule has 0 bridgehead atoms. The molecule has 0 saturated heterocycles. The third kappa shape index (κ3) is 1.73. The summed E-state index contributed by atoms with van der Waals surface area (Å²) in [5.74, 6) is 5.16. The summed E-state index contributed by atoms with van der Waals surface area (Å²) < 4.78 is 0. The monoisotopic (exact) mass is 168 g/mol. The predicted molar refractivity (Wildman–Crippen MR) is 47.8 cm³/mol. The SMILES string of the molecule is C=C(NN)c1ccccc1Cl. The lowest BCUT2D eigenvalue weighted by molar-refractivity contribution is 0.995. The van der Waals surface area contributed by atoms with Gasteiger partial charge in [0.2, 0.25) is 0 Å². The molecule has 0 aliphatic heterocycles. The van der Waals surface area contributed by atoms with Crippen LogP contribution in [0.4, 0.5) is 0 Å². The Morgan fingerprint density at radius 1 is 1.45 bits per heavy atom. The number of hydrogen-bond acceptors (Lipinski definition) is 2. The topological polar surface area (TPSA) is 38.0 Å². The van der Waals surface area contributed by atoms with Gasteiger partial charge in [-0.25, -0.2) is 0 Å². The molecule has 0 unspecified atom stereocenters. The normalized spacial score (nSPS) is 9.27. The first-order chi connectivity index (χ1) is 5.25. The highest BCUT2D eigenvalue weighted by Gasteiger charge is 1.99. The maximum absolute atomic E-state index is 5.84. The van der Waals surface area contributed by atoms with Crippen LogP contribution in [0.2, 0.25) is 5.02 Å². The van der Waals surface area contributed by atoms with E-state index >= 15 is 0 Å². The Bertz CT molecular complexity index is 271. The molecular formula is C8H9ClN2. The standard InChI is InChI=1S/C8H9ClN2/c1-6(11-10)7-4-2-3-5-8(7)9/h2-5,11H,1,10H2. The van der Waals surface area contributed by atoms with Gasteiger partial charge in [-0.2, -0.15) is 0 Å². The van der Waals surface area contributed by atoms with Crippen LogP contribution < -0.4 is 11.3 Å². The zero-order valence-corrected chi connectivity index (χ0v) is 6.73. The first-order valence-electron chi connectivity index (χ1n) is 3.16. The summed E-state index contributed by atoms with van der Waals surface area (Å²) in [6.45, 7) is 3.68. The van der Waals surface area contributed by atoms with Gasteiger partial charge in [0.1, 0.15) is 0 Å². The second-order valence-electron chi connectivity index (χ2n) is 2.10. The van der Waals surface area contributed by atoms with Crippen molar-refractivity contribution in [3.8, 4) is 0 Å². The first-order valence-corrected chi connectivity index (χ1v) is 3.54. The van der Waals surface area contributed by atoms with E-state index in [-0.39, 0.29) is 0 Å². The van der Waals surface area contributed by atoms with Gasteiger partial charge in [-0.1, -0.05) is 36.4 Å². The third-order valence-corrected chi connectivity index (χ3v) is 1.70. The van der Waals surface area contributed by atoms with Crippen molar-refractivity contribution < 1.29 is 0 Å². The van der Waals surface area contributed by atoms with E-state index in [2.05, 4.69) is 12.0 Å². The van der Waals surface area contributed by atoms with Crippen molar-refractivity contribution in [2.24, 2.45) is 5.84 Å². The van der Waals surface area contributed by atoms with E-state index in [0.29, 0.717) is 10.7 Å². The van der Waals surface area contributed by atoms with Gasteiger partial charge in [-0.15, -0.1) is 0 Å². The van der Waals surface area contributed by atoms with Crippen molar-refractivity contribution in [3.05, 3.63) is 41.4 Å². The summed E-state index contributed by atoms with van der Waals surface area (Å²) in [7, 11) is 0. The van der Waals surface area contributed by atoms with Crippen LogP contribution in [0.3, 0.4) is 0 Å². The lowest BCUT2D eigenvalue weighted by Gasteiger charge is -2.05. The van der Waals surface area contributed by atoms with Gasteiger partial charge in [0.25, 0.3) is 0 Å². The predicted octanol–water partition coefficient (Wildman–Crippen LogP) is 1.77. The van der Waals surface area contributed by atoms with E-state index in [1.807, 2.05) is 18.2 Å². The maximum atomic E-state index is 5.84.